The van der Waals surface area contributed by atoms with Crippen LogP contribution in [0.3, 0.4) is 0 Å². The summed E-state index contributed by atoms with van der Waals surface area (Å²) in [6.45, 7) is 1.62. The highest BCUT2D eigenvalue weighted by atomic mass is 16.6. The normalized spacial score (nSPS) is 14.8. The van der Waals surface area contributed by atoms with E-state index in [1.807, 2.05) is 42.5 Å². The maximum absolute atomic E-state index is 12.7. The van der Waals surface area contributed by atoms with Crippen LogP contribution < -0.4 is 19.6 Å². The molecule has 0 amide bonds. The van der Waals surface area contributed by atoms with Gasteiger partial charge in [0.05, 0.1) is 19.1 Å². The lowest BCUT2D eigenvalue weighted by atomic mass is 10.1. The van der Waals surface area contributed by atoms with Crippen molar-refractivity contribution in [2.75, 3.05) is 20.3 Å². The van der Waals surface area contributed by atoms with E-state index in [-0.39, 0.29) is 11.5 Å². The first-order chi connectivity index (χ1) is 15.7. The fourth-order valence-corrected chi connectivity index (χ4v) is 3.38. The smallest absolute Gasteiger partial charge is 0.193 e. The van der Waals surface area contributed by atoms with Gasteiger partial charge in [0.1, 0.15) is 47.9 Å². The summed E-state index contributed by atoms with van der Waals surface area (Å²) in [7, 11) is 1.59. The zero-order chi connectivity index (χ0) is 21.9. The number of ether oxygens (including phenoxy) is 4. The topological polar surface area (TPSA) is 70.4 Å². The van der Waals surface area contributed by atoms with E-state index in [0.29, 0.717) is 52.8 Å². The molecule has 0 bridgehead atoms. The van der Waals surface area contributed by atoms with E-state index in [1.54, 1.807) is 31.4 Å². The molecule has 0 radical (unpaired) electrons. The predicted octanol–water partition coefficient (Wildman–Crippen LogP) is 4.83. The van der Waals surface area contributed by atoms with E-state index in [9.17, 15) is 4.79 Å². The Morgan fingerprint density at radius 1 is 0.906 bits per heavy atom. The Hall–Kier alpha value is -3.77. The minimum atomic E-state index is -0.132. The molecule has 0 saturated carbocycles. The molecule has 4 aromatic rings. The largest absolute Gasteiger partial charge is 0.497 e. The predicted molar refractivity (Wildman–Crippen MR) is 120 cm³/mol. The number of fused-ring (bicyclic) bond motifs is 1. The number of epoxide rings is 1. The summed E-state index contributed by atoms with van der Waals surface area (Å²) >= 11 is 0. The average molecular weight is 430 g/mol. The summed E-state index contributed by atoms with van der Waals surface area (Å²) < 4.78 is 28.4. The second-order valence-corrected chi connectivity index (χ2v) is 7.57. The molecule has 2 heterocycles. The van der Waals surface area contributed by atoms with E-state index in [4.69, 9.17) is 23.4 Å². The van der Waals surface area contributed by atoms with E-state index < -0.39 is 0 Å². The monoisotopic (exact) mass is 430 g/mol. The highest BCUT2D eigenvalue weighted by Crippen LogP contribution is 2.32. The third-order valence-electron chi connectivity index (χ3n) is 5.19. The van der Waals surface area contributed by atoms with E-state index >= 15 is 0 Å². The Labute approximate surface area is 184 Å². The third-order valence-corrected chi connectivity index (χ3v) is 5.19. The first kappa shape index (κ1) is 20.2. The molecule has 0 aliphatic carbocycles. The Balaban J connectivity index is 1.46. The number of methoxy groups -OCH3 is 1. The van der Waals surface area contributed by atoms with Gasteiger partial charge in [-0.15, -0.1) is 0 Å². The second-order valence-electron chi connectivity index (χ2n) is 7.57. The standard InChI is InChI=1S/C26H22O6/c1-28-20-9-18(10-21(11-20)29-14-17-5-3-2-4-6-17)25-13-24(27)23-8-7-19(12-26(23)32-25)30-15-22-16-31-22/h2-13,22H,14-16H2,1H3/t22-/m0/s1. The molecule has 0 N–H and O–H groups in total. The summed E-state index contributed by atoms with van der Waals surface area (Å²) in [6, 6.07) is 22.0. The van der Waals surface area contributed by atoms with Crippen molar-refractivity contribution in [1.82, 2.24) is 0 Å². The Bertz CT molecular complexity index is 1290. The van der Waals surface area contributed by atoms with Crippen LogP contribution in [0.25, 0.3) is 22.3 Å². The number of rotatable bonds is 8. The van der Waals surface area contributed by atoms with Crippen molar-refractivity contribution >= 4 is 11.0 Å². The van der Waals surface area contributed by atoms with Crippen LogP contribution in [0.5, 0.6) is 17.2 Å². The molecular weight excluding hydrogens is 408 g/mol. The van der Waals surface area contributed by atoms with Crippen molar-refractivity contribution in [3.05, 3.63) is 88.6 Å². The van der Waals surface area contributed by atoms with Crippen LogP contribution >= 0.6 is 0 Å². The van der Waals surface area contributed by atoms with Crippen LogP contribution in [0.4, 0.5) is 0 Å². The molecule has 1 aromatic heterocycles. The molecule has 1 aliphatic heterocycles. The van der Waals surface area contributed by atoms with Gasteiger partial charge in [-0.25, -0.2) is 0 Å². The molecule has 6 heteroatoms. The van der Waals surface area contributed by atoms with Gasteiger partial charge in [0.2, 0.25) is 0 Å². The van der Waals surface area contributed by atoms with Crippen LogP contribution in [-0.2, 0) is 11.3 Å². The van der Waals surface area contributed by atoms with Crippen molar-refractivity contribution in [1.29, 1.82) is 0 Å². The van der Waals surface area contributed by atoms with Crippen molar-refractivity contribution in [2.45, 2.75) is 12.7 Å². The maximum atomic E-state index is 12.7. The lowest BCUT2D eigenvalue weighted by Gasteiger charge is -2.11. The SMILES string of the molecule is COc1cc(OCc2ccccc2)cc(-c2cc(=O)c3ccc(OC[C@H]4CO4)cc3o2)c1. The van der Waals surface area contributed by atoms with Crippen molar-refractivity contribution in [2.24, 2.45) is 0 Å². The molecule has 1 atom stereocenters. The van der Waals surface area contributed by atoms with Gasteiger partial charge in [-0.3, -0.25) is 4.79 Å². The Morgan fingerprint density at radius 2 is 1.72 bits per heavy atom. The van der Waals surface area contributed by atoms with Gasteiger partial charge in [0.15, 0.2) is 5.43 Å². The molecule has 6 nitrogen and oxygen atoms in total. The molecule has 1 aliphatic rings. The summed E-state index contributed by atoms with van der Waals surface area (Å²) in [5, 5.41) is 0.493. The molecule has 1 fully saturated rings. The summed E-state index contributed by atoms with van der Waals surface area (Å²) in [4.78, 5) is 12.7. The van der Waals surface area contributed by atoms with E-state index in [1.165, 1.54) is 6.07 Å². The molecule has 162 valence electrons. The fraction of sp³-hybridized carbons (Fsp3) is 0.192. The number of hydrogen-bond acceptors (Lipinski definition) is 6. The molecule has 0 unspecified atom stereocenters. The zero-order valence-electron chi connectivity index (χ0n) is 17.6. The third kappa shape index (κ3) is 4.60. The van der Waals surface area contributed by atoms with Crippen LogP contribution in [0.15, 0.2) is 82.0 Å². The van der Waals surface area contributed by atoms with E-state index in [2.05, 4.69) is 0 Å². The highest BCUT2D eigenvalue weighted by Gasteiger charge is 2.23. The van der Waals surface area contributed by atoms with Crippen LogP contribution in [0.1, 0.15) is 5.56 Å². The van der Waals surface area contributed by atoms with Crippen molar-refractivity contribution in [3.8, 4) is 28.6 Å². The first-order valence-corrected chi connectivity index (χ1v) is 10.4. The van der Waals surface area contributed by atoms with Crippen LogP contribution in [-0.4, -0.2) is 26.4 Å². The Kier molecular flexibility index (Phi) is 5.52. The van der Waals surface area contributed by atoms with Gasteiger partial charge in [0.25, 0.3) is 0 Å². The quantitative estimate of drug-likeness (QED) is 0.373. The summed E-state index contributed by atoms with van der Waals surface area (Å²) in [6.07, 6.45) is 0.148. The van der Waals surface area contributed by atoms with Crippen LogP contribution in [0.2, 0.25) is 0 Å². The molecule has 32 heavy (non-hydrogen) atoms. The van der Waals surface area contributed by atoms with Crippen LogP contribution in [0, 0.1) is 0 Å². The molecule has 3 aromatic carbocycles. The van der Waals surface area contributed by atoms with Crippen molar-refractivity contribution in [3.63, 3.8) is 0 Å². The summed E-state index contributed by atoms with van der Waals surface area (Å²) in [5.74, 6) is 2.28. The van der Waals surface area contributed by atoms with Gasteiger partial charge in [0, 0.05) is 23.8 Å². The van der Waals surface area contributed by atoms with Gasteiger partial charge >= 0.3 is 0 Å². The van der Waals surface area contributed by atoms with Crippen molar-refractivity contribution < 1.29 is 23.4 Å². The van der Waals surface area contributed by atoms with Gasteiger partial charge in [-0.2, -0.15) is 0 Å². The molecule has 0 spiro atoms. The van der Waals surface area contributed by atoms with Gasteiger partial charge in [-0.05, 0) is 29.8 Å². The zero-order valence-corrected chi connectivity index (χ0v) is 17.6. The molecule has 1 saturated heterocycles. The lowest BCUT2D eigenvalue weighted by Crippen LogP contribution is -2.05. The minimum absolute atomic E-state index is 0.132. The minimum Gasteiger partial charge on any atom is -0.497 e. The Morgan fingerprint density at radius 3 is 2.50 bits per heavy atom. The molecular formula is C26H22O6. The second kappa shape index (κ2) is 8.77. The number of benzene rings is 3. The average Bonchev–Trinajstić information content (AvgIpc) is 3.66. The number of hydrogen-bond donors (Lipinski definition) is 0. The molecule has 5 rings (SSSR count). The van der Waals surface area contributed by atoms with Gasteiger partial charge in [-0.1, -0.05) is 30.3 Å². The maximum Gasteiger partial charge on any atom is 0.193 e. The van der Waals surface area contributed by atoms with Gasteiger partial charge < -0.3 is 23.4 Å². The highest BCUT2D eigenvalue weighted by molar-refractivity contribution is 5.80. The summed E-state index contributed by atoms with van der Waals surface area (Å²) in [5.41, 5.74) is 2.06. The first-order valence-electron chi connectivity index (χ1n) is 10.4. The van der Waals surface area contributed by atoms with E-state index in [0.717, 1.165) is 12.2 Å². The lowest BCUT2D eigenvalue weighted by molar-refractivity contribution is 0.263. The fourth-order valence-electron chi connectivity index (χ4n) is 3.38.